The van der Waals surface area contributed by atoms with Crippen molar-refractivity contribution in [3.05, 3.63) is 48.4 Å². The van der Waals surface area contributed by atoms with E-state index in [2.05, 4.69) is 10.6 Å². The minimum atomic E-state index is -0.670. The molecule has 132 valence electrons. The molecule has 0 aliphatic heterocycles. The third-order valence-electron chi connectivity index (χ3n) is 4.25. The molecule has 1 atom stereocenters. The third-order valence-corrected chi connectivity index (χ3v) is 4.25. The van der Waals surface area contributed by atoms with Crippen LogP contribution in [0.5, 0.6) is 5.75 Å². The summed E-state index contributed by atoms with van der Waals surface area (Å²) in [5, 5.41) is 5.41. The van der Waals surface area contributed by atoms with E-state index in [1.54, 1.807) is 25.1 Å². The van der Waals surface area contributed by atoms with E-state index < -0.39 is 6.04 Å². The van der Waals surface area contributed by atoms with Gasteiger partial charge in [-0.3, -0.25) is 9.59 Å². The summed E-state index contributed by atoms with van der Waals surface area (Å²) >= 11 is 0. The van der Waals surface area contributed by atoms with Gasteiger partial charge in [0.1, 0.15) is 18.1 Å². The van der Waals surface area contributed by atoms with Crippen molar-refractivity contribution in [2.75, 3.05) is 5.32 Å². The van der Waals surface area contributed by atoms with Gasteiger partial charge in [-0.2, -0.15) is 0 Å². The molecular formula is C19H22N2O4. The fourth-order valence-corrected chi connectivity index (χ4v) is 2.81. The fraction of sp³-hybridized carbons (Fsp3) is 0.368. The quantitative estimate of drug-likeness (QED) is 0.843. The lowest BCUT2D eigenvalue weighted by molar-refractivity contribution is -0.117. The number of carbonyl (C=O) groups is 2. The van der Waals surface area contributed by atoms with Gasteiger partial charge in [-0.15, -0.1) is 0 Å². The van der Waals surface area contributed by atoms with Crippen molar-refractivity contribution >= 4 is 17.5 Å². The van der Waals surface area contributed by atoms with Gasteiger partial charge < -0.3 is 19.8 Å². The lowest BCUT2D eigenvalue weighted by Crippen LogP contribution is -2.41. The lowest BCUT2D eigenvalue weighted by atomic mass is 10.2. The van der Waals surface area contributed by atoms with Gasteiger partial charge in [-0.25, -0.2) is 0 Å². The molecule has 1 aromatic carbocycles. The van der Waals surface area contributed by atoms with Crippen molar-refractivity contribution < 1.29 is 18.7 Å². The molecule has 1 saturated carbocycles. The summed E-state index contributed by atoms with van der Waals surface area (Å²) in [5.41, 5.74) is 1.04. The minimum absolute atomic E-state index is 0.290. The SMILES string of the molecule is C[C@@H](NC(=O)c1ccoc1)C(=O)Nc1ccc(OC2CCCC2)cc1. The summed E-state index contributed by atoms with van der Waals surface area (Å²) in [4.78, 5) is 24.1. The number of furan rings is 1. The Bertz CT molecular complexity index is 704. The number of rotatable bonds is 6. The van der Waals surface area contributed by atoms with Gasteiger partial charge in [0.2, 0.25) is 5.91 Å². The first-order chi connectivity index (χ1) is 12.1. The molecule has 25 heavy (non-hydrogen) atoms. The number of carbonyl (C=O) groups excluding carboxylic acids is 2. The number of anilines is 1. The third kappa shape index (κ3) is 4.62. The molecular weight excluding hydrogens is 320 g/mol. The Balaban J connectivity index is 1.50. The first-order valence-corrected chi connectivity index (χ1v) is 8.52. The summed E-state index contributed by atoms with van der Waals surface area (Å²) in [6.07, 6.45) is 7.71. The summed E-state index contributed by atoms with van der Waals surface area (Å²) in [5.74, 6) is 0.171. The van der Waals surface area contributed by atoms with E-state index in [0.717, 1.165) is 18.6 Å². The summed E-state index contributed by atoms with van der Waals surface area (Å²) in [7, 11) is 0. The first-order valence-electron chi connectivity index (χ1n) is 8.52. The van der Waals surface area contributed by atoms with Crippen LogP contribution in [0.3, 0.4) is 0 Å². The molecule has 0 spiro atoms. The number of nitrogens with one attached hydrogen (secondary N) is 2. The highest BCUT2D eigenvalue weighted by Gasteiger charge is 2.18. The Kier molecular flexibility index (Phi) is 5.38. The van der Waals surface area contributed by atoms with Gasteiger partial charge in [0.15, 0.2) is 0 Å². The predicted octanol–water partition coefficient (Wildman–Crippen LogP) is 3.36. The molecule has 2 aromatic rings. The molecule has 6 nitrogen and oxygen atoms in total. The van der Waals surface area contributed by atoms with Crippen LogP contribution >= 0.6 is 0 Å². The van der Waals surface area contributed by atoms with Gasteiger partial charge >= 0.3 is 0 Å². The Morgan fingerprint density at radius 2 is 1.88 bits per heavy atom. The monoisotopic (exact) mass is 342 g/mol. The minimum Gasteiger partial charge on any atom is -0.490 e. The van der Waals surface area contributed by atoms with Crippen LogP contribution in [-0.4, -0.2) is 24.0 Å². The second kappa shape index (κ2) is 7.88. The molecule has 0 radical (unpaired) electrons. The maximum atomic E-state index is 12.2. The Labute approximate surface area is 146 Å². The molecule has 3 rings (SSSR count). The van der Waals surface area contributed by atoms with Crippen molar-refractivity contribution in [3.8, 4) is 5.75 Å². The zero-order chi connectivity index (χ0) is 17.6. The van der Waals surface area contributed by atoms with E-state index in [0.29, 0.717) is 17.4 Å². The zero-order valence-electron chi connectivity index (χ0n) is 14.2. The summed E-state index contributed by atoms with van der Waals surface area (Å²) < 4.78 is 10.8. The smallest absolute Gasteiger partial charge is 0.255 e. The molecule has 2 N–H and O–H groups in total. The second-order valence-electron chi connectivity index (χ2n) is 6.25. The average Bonchev–Trinajstić information content (AvgIpc) is 3.30. The van der Waals surface area contributed by atoms with Crippen LogP contribution in [-0.2, 0) is 4.79 Å². The van der Waals surface area contributed by atoms with Crippen LogP contribution in [0, 0.1) is 0 Å². The molecule has 1 heterocycles. The van der Waals surface area contributed by atoms with Crippen LogP contribution in [0.2, 0.25) is 0 Å². The Morgan fingerprint density at radius 1 is 1.16 bits per heavy atom. The van der Waals surface area contributed by atoms with Crippen LogP contribution in [0.1, 0.15) is 43.0 Å². The largest absolute Gasteiger partial charge is 0.490 e. The molecule has 1 aromatic heterocycles. The topological polar surface area (TPSA) is 80.6 Å². The van der Waals surface area contributed by atoms with Gasteiger partial charge in [-0.1, -0.05) is 0 Å². The van der Waals surface area contributed by atoms with E-state index in [4.69, 9.17) is 9.15 Å². The normalized spacial score (nSPS) is 15.6. The van der Waals surface area contributed by atoms with E-state index in [1.165, 1.54) is 25.4 Å². The summed E-state index contributed by atoms with van der Waals surface area (Å²) in [6, 6.07) is 8.17. The predicted molar refractivity (Wildman–Crippen MR) is 93.6 cm³/mol. The van der Waals surface area contributed by atoms with Crippen molar-refractivity contribution in [2.24, 2.45) is 0 Å². The number of benzene rings is 1. The molecule has 0 saturated heterocycles. The number of amides is 2. The average molecular weight is 342 g/mol. The van der Waals surface area contributed by atoms with Gasteiger partial charge in [0, 0.05) is 5.69 Å². The highest BCUT2D eigenvalue weighted by Crippen LogP contribution is 2.25. The standard InChI is InChI=1S/C19H22N2O4/c1-13(20-19(23)14-10-11-24-12-14)18(22)21-15-6-8-17(9-7-15)25-16-4-2-3-5-16/h6-13,16H,2-5H2,1H3,(H,20,23)(H,21,22)/t13-/m1/s1. The van der Waals surface area contributed by atoms with Crippen molar-refractivity contribution in [1.82, 2.24) is 5.32 Å². The lowest BCUT2D eigenvalue weighted by Gasteiger charge is -2.15. The summed E-state index contributed by atoms with van der Waals surface area (Å²) in [6.45, 7) is 1.63. The van der Waals surface area contributed by atoms with Crippen LogP contribution in [0.15, 0.2) is 47.3 Å². The zero-order valence-corrected chi connectivity index (χ0v) is 14.2. The maximum absolute atomic E-state index is 12.2. The Morgan fingerprint density at radius 3 is 2.52 bits per heavy atom. The van der Waals surface area contributed by atoms with E-state index in [9.17, 15) is 9.59 Å². The molecule has 0 unspecified atom stereocenters. The fourth-order valence-electron chi connectivity index (χ4n) is 2.81. The van der Waals surface area contributed by atoms with E-state index >= 15 is 0 Å². The Hall–Kier alpha value is -2.76. The molecule has 2 amide bonds. The van der Waals surface area contributed by atoms with Gasteiger partial charge in [-0.05, 0) is 62.9 Å². The van der Waals surface area contributed by atoms with Gasteiger partial charge in [0.05, 0.1) is 17.9 Å². The highest BCUT2D eigenvalue weighted by molar-refractivity contribution is 6.00. The van der Waals surface area contributed by atoms with Crippen molar-refractivity contribution in [2.45, 2.75) is 44.8 Å². The maximum Gasteiger partial charge on any atom is 0.255 e. The molecule has 1 aliphatic rings. The molecule has 1 fully saturated rings. The molecule has 0 bridgehead atoms. The molecule has 1 aliphatic carbocycles. The van der Waals surface area contributed by atoms with Crippen LogP contribution in [0.25, 0.3) is 0 Å². The van der Waals surface area contributed by atoms with Crippen molar-refractivity contribution in [1.29, 1.82) is 0 Å². The van der Waals surface area contributed by atoms with Crippen LogP contribution in [0.4, 0.5) is 5.69 Å². The van der Waals surface area contributed by atoms with Crippen LogP contribution < -0.4 is 15.4 Å². The molecule has 6 heteroatoms. The van der Waals surface area contributed by atoms with Gasteiger partial charge in [0.25, 0.3) is 5.91 Å². The van der Waals surface area contributed by atoms with E-state index in [1.807, 2.05) is 12.1 Å². The number of hydrogen-bond acceptors (Lipinski definition) is 4. The highest BCUT2D eigenvalue weighted by atomic mass is 16.5. The van der Waals surface area contributed by atoms with Crippen molar-refractivity contribution in [3.63, 3.8) is 0 Å². The number of ether oxygens (including phenoxy) is 1. The second-order valence-corrected chi connectivity index (χ2v) is 6.25. The first kappa shape index (κ1) is 17.1. The van der Waals surface area contributed by atoms with E-state index in [-0.39, 0.29) is 11.8 Å². The number of hydrogen-bond donors (Lipinski definition) is 2.